The molecule has 0 aromatic carbocycles. The van der Waals surface area contributed by atoms with Crippen LogP contribution in [0.5, 0.6) is 0 Å². The molecule has 1 aromatic heterocycles. The molecule has 1 rings (SSSR count). The molecule has 0 aliphatic rings. The largest absolute Gasteiger partial charge is 0.392 e. The van der Waals surface area contributed by atoms with Crippen molar-refractivity contribution in [3.05, 3.63) is 54.4 Å². The molecule has 1 heterocycles. The van der Waals surface area contributed by atoms with E-state index < -0.39 is 0 Å². The fourth-order valence-corrected chi connectivity index (χ4v) is 1.10. The summed E-state index contributed by atoms with van der Waals surface area (Å²) in [4.78, 5) is 8.31. The normalized spacial score (nSPS) is 10.1. The number of aromatic nitrogens is 1. The van der Waals surface area contributed by atoms with Gasteiger partial charge in [0.15, 0.2) is 0 Å². The number of nitrogens with zero attached hydrogens (tertiary/aromatic N) is 2. The molecule has 0 unspecified atom stereocenters. The third-order valence-electron chi connectivity index (χ3n) is 1.90. The topological polar surface area (TPSA) is 71.5 Å². The summed E-state index contributed by atoms with van der Waals surface area (Å²) in [5.41, 5.74) is 6.87. The maximum absolute atomic E-state index is 8.87. The van der Waals surface area contributed by atoms with E-state index in [0.29, 0.717) is 0 Å². The first kappa shape index (κ1) is 19.6. The second-order valence-corrected chi connectivity index (χ2v) is 2.91. The summed E-state index contributed by atoms with van der Waals surface area (Å²) in [6.07, 6.45) is 6.98. The zero-order valence-corrected chi connectivity index (χ0v) is 12.3. The predicted octanol–water partition coefficient (Wildman–Crippen LogP) is 2.34. The summed E-state index contributed by atoms with van der Waals surface area (Å²) in [5, 5.41) is 8.87. The van der Waals surface area contributed by atoms with Gasteiger partial charge < -0.3 is 10.8 Å². The summed E-state index contributed by atoms with van der Waals surface area (Å²) in [6, 6.07) is 3.66. The van der Waals surface area contributed by atoms with Gasteiger partial charge in [0.05, 0.1) is 18.0 Å². The number of hydrogen-bond acceptors (Lipinski definition) is 4. The van der Waals surface area contributed by atoms with Crippen LogP contribution in [0, 0.1) is 0 Å². The predicted molar refractivity (Wildman–Crippen MR) is 83.4 cm³/mol. The molecule has 0 saturated carbocycles. The van der Waals surface area contributed by atoms with Gasteiger partial charge in [0.1, 0.15) is 0 Å². The quantitative estimate of drug-likeness (QED) is 0.647. The summed E-state index contributed by atoms with van der Waals surface area (Å²) < 4.78 is 0. The van der Waals surface area contributed by atoms with E-state index in [1.54, 1.807) is 19.3 Å². The molecular formula is C15H25N3O. The standard InChI is InChI=1S/C12H14N2O.C2H6.CH5N/c1-3-4-5-11(13-2)12-7-6-10(9-15)8-14-12;2*1-2/h3-8,15H,1,9H2,2H3;1-2H3;2H2,1H3/b5-4-,13-11?;;. The van der Waals surface area contributed by atoms with Crippen molar-refractivity contribution in [2.45, 2.75) is 20.5 Å². The van der Waals surface area contributed by atoms with Crippen LogP contribution < -0.4 is 5.73 Å². The first-order valence-corrected chi connectivity index (χ1v) is 6.21. The van der Waals surface area contributed by atoms with Gasteiger partial charge >= 0.3 is 0 Å². The van der Waals surface area contributed by atoms with Crippen molar-refractivity contribution in [1.29, 1.82) is 0 Å². The Bertz CT molecular complexity index is 381. The van der Waals surface area contributed by atoms with E-state index in [0.717, 1.165) is 17.0 Å². The molecule has 0 aliphatic heterocycles. The van der Waals surface area contributed by atoms with Gasteiger partial charge in [-0.15, -0.1) is 0 Å². The summed E-state index contributed by atoms with van der Waals surface area (Å²) in [7, 11) is 3.21. The Morgan fingerprint density at radius 2 is 2.05 bits per heavy atom. The Hall–Kier alpha value is -1.78. The maximum Gasteiger partial charge on any atom is 0.0881 e. The average Bonchev–Trinajstić information content (AvgIpc) is 2.52. The van der Waals surface area contributed by atoms with Crippen LogP contribution in [0.2, 0.25) is 0 Å². The molecule has 0 aliphatic carbocycles. The van der Waals surface area contributed by atoms with Crippen LogP contribution in [0.4, 0.5) is 0 Å². The number of hydrogen-bond donors (Lipinski definition) is 2. The van der Waals surface area contributed by atoms with E-state index in [4.69, 9.17) is 5.11 Å². The van der Waals surface area contributed by atoms with Gasteiger partial charge in [-0.05, 0) is 24.8 Å². The molecule has 0 atom stereocenters. The molecule has 0 spiro atoms. The number of aliphatic hydroxyl groups excluding tert-OH is 1. The van der Waals surface area contributed by atoms with Gasteiger partial charge in [-0.2, -0.15) is 0 Å². The molecule has 0 amide bonds. The van der Waals surface area contributed by atoms with Crippen LogP contribution in [-0.2, 0) is 6.61 Å². The van der Waals surface area contributed by atoms with Gasteiger partial charge in [-0.1, -0.05) is 38.6 Å². The Morgan fingerprint density at radius 1 is 1.42 bits per heavy atom. The van der Waals surface area contributed by atoms with Crippen molar-refractivity contribution in [3.8, 4) is 0 Å². The Kier molecular flexibility index (Phi) is 14.7. The second-order valence-electron chi connectivity index (χ2n) is 2.91. The zero-order chi connectivity index (χ0) is 15.1. The third-order valence-corrected chi connectivity index (χ3v) is 1.90. The van der Waals surface area contributed by atoms with E-state index in [1.165, 1.54) is 7.05 Å². The minimum Gasteiger partial charge on any atom is -0.392 e. The van der Waals surface area contributed by atoms with Gasteiger partial charge in [0, 0.05) is 13.2 Å². The summed E-state index contributed by atoms with van der Waals surface area (Å²) in [5.74, 6) is 0. The van der Waals surface area contributed by atoms with Crippen LogP contribution >= 0.6 is 0 Å². The highest BCUT2D eigenvalue weighted by Gasteiger charge is 1.99. The van der Waals surface area contributed by atoms with E-state index in [1.807, 2.05) is 38.1 Å². The smallest absolute Gasteiger partial charge is 0.0881 e. The third kappa shape index (κ3) is 8.02. The van der Waals surface area contributed by atoms with Crippen LogP contribution in [0.3, 0.4) is 0 Å². The molecule has 4 nitrogen and oxygen atoms in total. The van der Waals surface area contributed by atoms with E-state index in [-0.39, 0.29) is 6.61 Å². The maximum atomic E-state index is 8.87. The van der Waals surface area contributed by atoms with Crippen molar-refractivity contribution in [2.24, 2.45) is 10.7 Å². The number of nitrogens with two attached hydrogens (primary N) is 1. The number of pyridine rings is 1. The number of aliphatic imine (C=N–C) groups is 1. The van der Waals surface area contributed by atoms with Crippen LogP contribution in [0.1, 0.15) is 25.1 Å². The molecule has 0 saturated heterocycles. The molecule has 19 heavy (non-hydrogen) atoms. The minimum atomic E-state index is 0.00831. The summed E-state index contributed by atoms with van der Waals surface area (Å²) in [6.45, 7) is 7.60. The van der Waals surface area contributed by atoms with Crippen LogP contribution in [-0.4, -0.2) is 29.9 Å². The van der Waals surface area contributed by atoms with Crippen molar-refractivity contribution >= 4 is 5.71 Å². The molecule has 4 heteroatoms. The minimum absolute atomic E-state index is 0.00831. The van der Waals surface area contributed by atoms with Crippen molar-refractivity contribution in [2.75, 3.05) is 14.1 Å². The van der Waals surface area contributed by atoms with Crippen molar-refractivity contribution in [3.63, 3.8) is 0 Å². The lowest BCUT2D eigenvalue weighted by molar-refractivity contribution is 0.281. The van der Waals surface area contributed by atoms with Crippen molar-refractivity contribution < 1.29 is 5.11 Å². The van der Waals surface area contributed by atoms with Gasteiger partial charge in [0.25, 0.3) is 0 Å². The molecular weight excluding hydrogens is 238 g/mol. The van der Waals surface area contributed by atoms with E-state index in [9.17, 15) is 0 Å². The highest BCUT2D eigenvalue weighted by atomic mass is 16.3. The van der Waals surface area contributed by atoms with E-state index >= 15 is 0 Å². The molecule has 3 N–H and O–H groups in total. The van der Waals surface area contributed by atoms with Gasteiger partial charge in [-0.25, -0.2) is 0 Å². The number of aliphatic hydroxyl groups is 1. The molecule has 0 bridgehead atoms. The lowest BCUT2D eigenvalue weighted by Gasteiger charge is -2.00. The Morgan fingerprint density at radius 3 is 2.42 bits per heavy atom. The lowest BCUT2D eigenvalue weighted by atomic mass is 10.2. The van der Waals surface area contributed by atoms with Gasteiger partial charge in [0.2, 0.25) is 0 Å². The second kappa shape index (κ2) is 14.3. The highest BCUT2D eigenvalue weighted by molar-refractivity contribution is 6.07. The zero-order valence-electron chi connectivity index (χ0n) is 12.3. The Labute approximate surface area is 116 Å². The molecule has 0 fully saturated rings. The SMILES string of the molecule is C=C/C=C\C(=NC)c1ccc(CO)cn1.CC.CN. The van der Waals surface area contributed by atoms with Gasteiger partial charge in [-0.3, -0.25) is 9.98 Å². The highest BCUT2D eigenvalue weighted by Crippen LogP contribution is 2.02. The van der Waals surface area contributed by atoms with Crippen molar-refractivity contribution in [1.82, 2.24) is 4.98 Å². The fourth-order valence-electron chi connectivity index (χ4n) is 1.10. The number of rotatable bonds is 4. The van der Waals surface area contributed by atoms with E-state index in [2.05, 4.69) is 22.3 Å². The lowest BCUT2D eigenvalue weighted by Crippen LogP contribution is -2.00. The monoisotopic (exact) mass is 263 g/mol. The average molecular weight is 263 g/mol. The molecule has 1 aromatic rings. The Balaban J connectivity index is 0. The fraction of sp³-hybridized carbons (Fsp3) is 0.333. The van der Waals surface area contributed by atoms with Crippen LogP contribution in [0.25, 0.3) is 0 Å². The first-order chi connectivity index (χ1) is 9.31. The molecule has 0 radical (unpaired) electrons. The number of allylic oxidation sites excluding steroid dienone is 3. The molecule has 106 valence electrons. The van der Waals surface area contributed by atoms with Crippen LogP contribution in [0.15, 0.2) is 48.1 Å². The summed E-state index contributed by atoms with van der Waals surface area (Å²) >= 11 is 0. The first-order valence-electron chi connectivity index (χ1n) is 6.21.